The summed E-state index contributed by atoms with van der Waals surface area (Å²) in [6.45, 7) is 3.35. The number of aliphatic hydroxyl groups excluding tert-OH is 1. The second-order valence-electron chi connectivity index (χ2n) is 9.32. The number of anilines is 1. The monoisotopic (exact) mass is 557 g/mol. The number of benzene rings is 2. The SMILES string of the molecule is C[C@H](CO)N1C[C@H](C)[C@@H](CN(C)S(=O)(=O)c2ccc(F)cc2)Oc2ccc(NS(C)(=O)=O)cc2CC1=O. The largest absolute Gasteiger partial charge is 0.488 e. The highest BCUT2D eigenvalue weighted by Crippen LogP contribution is 2.30. The molecule has 0 radical (unpaired) electrons. The minimum absolute atomic E-state index is 0.0743. The van der Waals surface area contributed by atoms with Crippen LogP contribution in [0.2, 0.25) is 0 Å². The van der Waals surface area contributed by atoms with Gasteiger partial charge in [0.15, 0.2) is 0 Å². The maximum Gasteiger partial charge on any atom is 0.242 e. The van der Waals surface area contributed by atoms with Gasteiger partial charge >= 0.3 is 0 Å². The molecular formula is C24H32FN3O7S2. The van der Waals surface area contributed by atoms with Gasteiger partial charge < -0.3 is 14.7 Å². The molecule has 1 amide bonds. The number of hydrogen-bond donors (Lipinski definition) is 2. The quantitative estimate of drug-likeness (QED) is 0.504. The lowest BCUT2D eigenvalue weighted by Gasteiger charge is -2.33. The molecule has 2 N–H and O–H groups in total. The normalized spacial score (nSPS) is 19.9. The van der Waals surface area contributed by atoms with Gasteiger partial charge in [0.1, 0.15) is 17.7 Å². The number of hydrogen-bond acceptors (Lipinski definition) is 7. The molecule has 0 aromatic heterocycles. The summed E-state index contributed by atoms with van der Waals surface area (Å²) in [7, 11) is -6.15. The van der Waals surface area contributed by atoms with Crippen molar-refractivity contribution in [3.05, 3.63) is 53.8 Å². The summed E-state index contributed by atoms with van der Waals surface area (Å²) >= 11 is 0. The average molecular weight is 558 g/mol. The Labute approximate surface area is 217 Å². The number of ether oxygens (including phenoxy) is 1. The third-order valence-electron chi connectivity index (χ3n) is 6.18. The smallest absolute Gasteiger partial charge is 0.242 e. The zero-order valence-corrected chi connectivity index (χ0v) is 22.7. The van der Waals surface area contributed by atoms with Crippen molar-refractivity contribution in [2.75, 3.05) is 37.7 Å². The van der Waals surface area contributed by atoms with Gasteiger partial charge in [-0.15, -0.1) is 0 Å². The molecule has 0 fully saturated rings. The topological polar surface area (TPSA) is 133 Å². The summed E-state index contributed by atoms with van der Waals surface area (Å²) in [5.74, 6) is -0.888. The third-order valence-corrected chi connectivity index (χ3v) is 8.62. The van der Waals surface area contributed by atoms with E-state index in [0.717, 1.165) is 22.7 Å². The Bertz CT molecular complexity index is 1330. The standard InChI is InChI=1S/C24H32FN3O7S2/c1-16-13-28(17(2)15-29)24(30)12-18-11-20(26-36(4,31)32)7-10-22(18)35-23(16)14-27(3)37(33,34)21-8-5-19(25)6-9-21/h5-11,16-17,23,26,29H,12-15H2,1-4H3/t16-,17+,23+/m0/s1. The van der Waals surface area contributed by atoms with Crippen LogP contribution in [0.4, 0.5) is 10.1 Å². The molecule has 13 heteroatoms. The van der Waals surface area contributed by atoms with E-state index in [4.69, 9.17) is 4.74 Å². The first-order chi connectivity index (χ1) is 17.2. The van der Waals surface area contributed by atoms with Crippen LogP contribution in [-0.4, -0.2) is 82.2 Å². The second-order valence-corrected chi connectivity index (χ2v) is 13.1. The number of likely N-dealkylation sites (N-methyl/N-ethyl adjacent to an activating group) is 1. The van der Waals surface area contributed by atoms with Gasteiger partial charge in [0.05, 0.1) is 36.8 Å². The van der Waals surface area contributed by atoms with E-state index in [9.17, 15) is 31.1 Å². The van der Waals surface area contributed by atoms with Crippen LogP contribution in [0.25, 0.3) is 0 Å². The van der Waals surface area contributed by atoms with Crippen LogP contribution in [0.3, 0.4) is 0 Å². The maximum absolute atomic E-state index is 13.3. The van der Waals surface area contributed by atoms with E-state index < -0.39 is 38.0 Å². The Kier molecular flexibility index (Phi) is 8.83. The lowest BCUT2D eigenvalue weighted by atomic mass is 10.0. The van der Waals surface area contributed by atoms with Crippen LogP contribution in [0.15, 0.2) is 47.4 Å². The lowest BCUT2D eigenvalue weighted by molar-refractivity contribution is -0.134. The number of fused-ring (bicyclic) bond motifs is 1. The number of nitrogens with zero attached hydrogens (tertiary/aromatic N) is 2. The van der Waals surface area contributed by atoms with Gasteiger partial charge in [0, 0.05) is 30.8 Å². The van der Waals surface area contributed by atoms with E-state index >= 15 is 0 Å². The van der Waals surface area contributed by atoms with Crippen molar-refractivity contribution in [1.29, 1.82) is 0 Å². The van der Waals surface area contributed by atoms with Crippen LogP contribution in [-0.2, 0) is 31.3 Å². The Morgan fingerprint density at radius 1 is 1.19 bits per heavy atom. The van der Waals surface area contributed by atoms with Crippen molar-refractivity contribution < 1.29 is 35.9 Å². The second kappa shape index (κ2) is 11.3. The fourth-order valence-electron chi connectivity index (χ4n) is 4.06. The maximum atomic E-state index is 13.3. The molecular weight excluding hydrogens is 525 g/mol. The van der Waals surface area contributed by atoms with E-state index in [1.165, 1.54) is 42.3 Å². The van der Waals surface area contributed by atoms with Crippen LogP contribution >= 0.6 is 0 Å². The molecule has 204 valence electrons. The molecule has 3 atom stereocenters. The fourth-order valence-corrected chi connectivity index (χ4v) is 5.80. The summed E-state index contributed by atoms with van der Waals surface area (Å²) in [4.78, 5) is 14.7. The summed E-state index contributed by atoms with van der Waals surface area (Å²) < 4.78 is 72.7. The molecule has 3 rings (SSSR count). The molecule has 37 heavy (non-hydrogen) atoms. The van der Waals surface area contributed by atoms with Crippen LogP contribution in [0.1, 0.15) is 19.4 Å². The van der Waals surface area contributed by atoms with E-state index in [-0.39, 0.29) is 48.5 Å². The predicted octanol–water partition coefficient (Wildman–Crippen LogP) is 1.67. The number of carbonyl (C=O) groups is 1. The molecule has 1 heterocycles. The molecule has 1 aliphatic rings. The molecule has 0 saturated carbocycles. The van der Waals surface area contributed by atoms with Crippen LogP contribution < -0.4 is 9.46 Å². The number of aliphatic hydroxyl groups is 1. The number of carbonyl (C=O) groups excluding carboxylic acids is 1. The first kappa shape index (κ1) is 28.8. The van der Waals surface area contributed by atoms with Gasteiger partial charge in [-0.2, -0.15) is 4.31 Å². The number of halogens is 1. The van der Waals surface area contributed by atoms with Crippen molar-refractivity contribution >= 4 is 31.6 Å². The van der Waals surface area contributed by atoms with E-state index in [2.05, 4.69) is 4.72 Å². The van der Waals surface area contributed by atoms with Crippen molar-refractivity contribution in [2.45, 2.75) is 37.3 Å². The molecule has 2 aromatic rings. The Balaban J connectivity index is 1.99. The first-order valence-corrected chi connectivity index (χ1v) is 14.9. The Hall–Kier alpha value is -2.74. The van der Waals surface area contributed by atoms with Crippen molar-refractivity contribution in [3.63, 3.8) is 0 Å². The van der Waals surface area contributed by atoms with Gasteiger partial charge in [0.2, 0.25) is 26.0 Å². The van der Waals surface area contributed by atoms with E-state index in [1.54, 1.807) is 6.92 Å². The van der Waals surface area contributed by atoms with Gasteiger partial charge in [0.25, 0.3) is 0 Å². The molecule has 10 nitrogen and oxygen atoms in total. The third kappa shape index (κ3) is 7.18. The molecule has 0 bridgehead atoms. The Morgan fingerprint density at radius 3 is 2.43 bits per heavy atom. The van der Waals surface area contributed by atoms with Gasteiger partial charge in [-0.05, 0) is 49.4 Å². The van der Waals surface area contributed by atoms with Gasteiger partial charge in [-0.1, -0.05) is 6.92 Å². The molecule has 0 aliphatic carbocycles. The molecule has 1 aliphatic heterocycles. The van der Waals surface area contributed by atoms with Crippen molar-refractivity contribution in [2.24, 2.45) is 5.92 Å². The lowest BCUT2D eigenvalue weighted by Crippen LogP contribution is -2.48. The average Bonchev–Trinajstić information content (AvgIpc) is 2.85. The van der Waals surface area contributed by atoms with Crippen LogP contribution in [0.5, 0.6) is 5.75 Å². The minimum atomic E-state index is -3.97. The molecule has 0 spiro atoms. The number of rotatable bonds is 8. The van der Waals surface area contributed by atoms with Crippen molar-refractivity contribution in [1.82, 2.24) is 9.21 Å². The van der Waals surface area contributed by atoms with Crippen LogP contribution in [0, 0.1) is 11.7 Å². The summed E-state index contributed by atoms with van der Waals surface area (Å²) in [6.07, 6.45) is 0.185. The highest BCUT2D eigenvalue weighted by atomic mass is 32.2. The Morgan fingerprint density at radius 2 is 1.84 bits per heavy atom. The van der Waals surface area contributed by atoms with E-state index in [1.807, 2.05) is 6.92 Å². The number of sulfonamides is 2. The van der Waals surface area contributed by atoms with Crippen molar-refractivity contribution in [3.8, 4) is 5.75 Å². The molecule has 0 saturated heterocycles. The number of amides is 1. The zero-order valence-electron chi connectivity index (χ0n) is 21.1. The fraction of sp³-hybridized carbons (Fsp3) is 0.458. The summed E-state index contributed by atoms with van der Waals surface area (Å²) in [5, 5.41) is 9.74. The zero-order chi connectivity index (χ0) is 27.5. The highest BCUT2D eigenvalue weighted by Gasteiger charge is 2.33. The summed E-state index contributed by atoms with van der Waals surface area (Å²) in [6, 6.07) is 8.53. The van der Waals surface area contributed by atoms with Gasteiger partial charge in [-0.25, -0.2) is 21.2 Å². The molecule has 0 unspecified atom stereocenters. The summed E-state index contributed by atoms with van der Waals surface area (Å²) in [5.41, 5.74) is 0.663. The minimum Gasteiger partial charge on any atom is -0.488 e. The predicted molar refractivity (Wildman–Crippen MR) is 137 cm³/mol. The van der Waals surface area contributed by atoms with E-state index in [0.29, 0.717) is 11.3 Å². The molecule has 2 aromatic carbocycles. The number of nitrogens with one attached hydrogen (secondary N) is 1. The highest BCUT2D eigenvalue weighted by molar-refractivity contribution is 7.92. The van der Waals surface area contributed by atoms with Gasteiger partial charge in [-0.3, -0.25) is 9.52 Å². The first-order valence-electron chi connectivity index (χ1n) is 11.6.